The number of aromatic nitrogens is 6. The van der Waals surface area contributed by atoms with Crippen LogP contribution in [0.1, 0.15) is 0 Å². The molecule has 0 unspecified atom stereocenters. The first kappa shape index (κ1) is 15.9. The first-order valence-electron chi connectivity index (χ1n) is 5.80. The Labute approximate surface area is 121 Å². The molecule has 0 aliphatic rings. The summed E-state index contributed by atoms with van der Waals surface area (Å²) in [6.07, 6.45) is 0. The van der Waals surface area contributed by atoms with E-state index in [4.69, 9.17) is 17.2 Å². The molecule has 0 aliphatic carbocycles. The molecule has 2 rings (SSSR count). The Hall–Kier alpha value is -3.18. The number of nitrogen functional groups attached to an aromatic ring is 3. The summed E-state index contributed by atoms with van der Waals surface area (Å²) < 4.78 is 0. The zero-order chi connectivity index (χ0) is 15.8. The highest BCUT2D eigenvalue weighted by Crippen LogP contribution is 2.06. The van der Waals surface area contributed by atoms with E-state index in [0.717, 1.165) is 0 Å². The van der Waals surface area contributed by atoms with Crippen LogP contribution in [0, 0.1) is 0 Å². The van der Waals surface area contributed by atoms with Gasteiger partial charge in [-0.15, -0.1) is 0 Å². The minimum absolute atomic E-state index is 0.0417. The Bertz CT molecular complexity index is 479. The summed E-state index contributed by atoms with van der Waals surface area (Å²) in [5.74, 6) is 1.75. The Balaban J connectivity index is 0.000000219. The number of nitrogens with zero attached hydrogens (tertiary/aromatic N) is 6. The SMILES string of the molecule is CNc1nc(NC)nc(NC)n1.Nc1nc(N)nc(N)n1. The van der Waals surface area contributed by atoms with Crippen LogP contribution in [0.4, 0.5) is 35.7 Å². The molecule has 0 bridgehead atoms. The minimum Gasteiger partial charge on any atom is -0.368 e. The van der Waals surface area contributed by atoms with E-state index in [9.17, 15) is 0 Å². The van der Waals surface area contributed by atoms with Crippen molar-refractivity contribution in [3.05, 3.63) is 0 Å². The van der Waals surface area contributed by atoms with Crippen LogP contribution < -0.4 is 33.2 Å². The third kappa shape index (κ3) is 5.14. The highest BCUT2D eigenvalue weighted by molar-refractivity contribution is 5.40. The summed E-state index contributed by atoms with van der Waals surface area (Å²) in [6.45, 7) is 0. The molecule has 114 valence electrons. The third-order valence-electron chi connectivity index (χ3n) is 1.99. The first-order valence-corrected chi connectivity index (χ1v) is 5.80. The van der Waals surface area contributed by atoms with Gasteiger partial charge in [0.2, 0.25) is 35.7 Å². The minimum atomic E-state index is 0.0417. The lowest BCUT2D eigenvalue weighted by Gasteiger charge is -2.04. The van der Waals surface area contributed by atoms with Crippen molar-refractivity contribution in [3.8, 4) is 0 Å². The van der Waals surface area contributed by atoms with Gasteiger partial charge in [-0.05, 0) is 0 Å². The second-order valence-corrected chi connectivity index (χ2v) is 3.47. The normalized spacial score (nSPS) is 9.29. The van der Waals surface area contributed by atoms with Crippen molar-refractivity contribution in [1.82, 2.24) is 29.9 Å². The lowest BCUT2D eigenvalue weighted by atomic mass is 10.8. The average molecular weight is 294 g/mol. The first-order chi connectivity index (χ1) is 9.98. The summed E-state index contributed by atoms with van der Waals surface area (Å²) in [7, 11) is 5.27. The van der Waals surface area contributed by atoms with Gasteiger partial charge in [0.1, 0.15) is 0 Å². The van der Waals surface area contributed by atoms with Gasteiger partial charge < -0.3 is 33.2 Å². The lowest BCUT2D eigenvalue weighted by molar-refractivity contribution is 1.04. The van der Waals surface area contributed by atoms with E-state index in [1.54, 1.807) is 21.1 Å². The van der Waals surface area contributed by atoms with E-state index in [0.29, 0.717) is 17.8 Å². The van der Waals surface area contributed by atoms with Gasteiger partial charge in [0.15, 0.2) is 0 Å². The topological polar surface area (TPSA) is 191 Å². The number of anilines is 6. The average Bonchev–Trinajstić information content (AvgIpc) is 2.45. The van der Waals surface area contributed by atoms with Crippen molar-refractivity contribution in [1.29, 1.82) is 0 Å². The molecule has 0 spiro atoms. The monoisotopic (exact) mass is 294 g/mol. The molecule has 0 atom stereocenters. The maximum Gasteiger partial charge on any atom is 0.229 e. The molecule has 0 saturated carbocycles. The van der Waals surface area contributed by atoms with Gasteiger partial charge in [-0.3, -0.25) is 0 Å². The van der Waals surface area contributed by atoms with Gasteiger partial charge >= 0.3 is 0 Å². The second kappa shape index (κ2) is 7.42. The zero-order valence-corrected chi connectivity index (χ0v) is 11.9. The third-order valence-corrected chi connectivity index (χ3v) is 1.99. The van der Waals surface area contributed by atoms with Crippen molar-refractivity contribution in [2.75, 3.05) is 54.3 Å². The van der Waals surface area contributed by atoms with Gasteiger partial charge in [0, 0.05) is 21.1 Å². The van der Waals surface area contributed by atoms with Crippen LogP contribution >= 0.6 is 0 Å². The van der Waals surface area contributed by atoms with Gasteiger partial charge in [-0.2, -0.15) is 29.9 Å². The molecule has 0 fully saturated rings. The molecule has 0 amide bonds. The maximum atomic E-state index is 5.14. The molecule has 2 aromatic heterocycles. The Morgan fingerprint density at radius 2 is 0.762 bits per heavy atom. The van der Waals surface area contributed by atoms with Crippen molar-refractivity contribution in [2.45, 2.75) is 0 Å². The summed E-state index contributed by atoms with van der Waals surface area (Å²) in [5.41, 5.74) is 15.4. The fourth-order valence-electron chi connectivity index (χ4n) is 1.14. The molecule has 12 heteroatoms. The lowest BCUT2D eigenvalue weighted by Crippen LogP contribution is -2.06. The predicted octanol–water partition coefficient (Wildman–Crippen LogP) is -1.39. The molecule has 0 aromatic carbocycles. The molecular formula is C9H18N12. The Morgan fingerprint density at radius 1 is 0.524 bits per heavy atom. The number of rotatable bonds is 3. The quantitative estimate of drug-likeness (QED) is 0.389. The Kier molecular flexibility index (Phi) is 5.61. The number of nitrogens with one attached hydrogen (secondary N) is 3. The number of hydrogen-bond donors (Lipinski definition) is 6. The fourth-order valence-corrected chi connectivity index (χ4v) is 1.14. The van der Waals surface area contributed by atoms with Crippen LogP contribution in [0.5, 0.6) is 0 Å². The van der Waals surface area contributed by atoms with E-state index in [1.165, 1.54) is 0 Å². The van der Waals surface area contributed by atoms with Crippen LogP contribution in [0.2, 0.25) is 0 Å². The van der Waals surface area contributed by atoms with Crippen molar-refractivity contribution in [3.63, 3.8) is 0 Å². The van der Waals surface area contributed by atoms with Gasteiger partial charge in [0.25, 0.3) is 0 Å². The standard InChI is InChI=1S/C6H12N6.C3H6N6/c1-7-4-10-5(8-2)12-6(9-3)11-4;4-1-7-2(5)9-3(6)8-1/h1-3H3,(H3,7,8,9,10,11,12);(H6,4,5,6,7,8,9). The molecular weight excluding hydrogens is 276 g/mol. The molecule has 21 heavy (non-hydrogen) atoms. The fraction of sp³-hybridized carbons (Fsp3) is 0.333. The van der Waals surface area contributed by atoms with E-state index in [-0.39, 0.29) is 17.8 Å². The van der Waals surface area contributed by atoms with Gasteiger partial charge in [-0.25, -0.2) is 0 Å². The van der Waals surface area contributed by atoms with E-state index < -0.39 is 0 Å². The highest BCUT2D eigenvalue weighted by Gasteiger charge is 2.00. The summed E-state index contributed by atoms with van der Waals surface area (Å²) in [5, 5.41) is 8.50. The van der Waals surface area contributed by atoms with E-state index in [2.05, 4.69) is 45.9 Å². The molecule has 2 aromatic rings. The maximum absolute atomic E-state index is 5.14. The van der Waals surface area contributed by atoms with Gasteiger partial charge in [0.05, 0.1) is 0 Å². The summed E-state index contributed by atoms with van der Waals surface area (Å²) in [6, 6.07) is 0. The second-order valence-electron chi connectivity index (χ2n) is 3.47. The van der Waals surface area contributed by atoms with Gasteiger partial charge in [-0.1, -0.05) is 0 Å². The molecule has 0 radical (unpaired) electrons. The van der Waals surface area contributed by atoms with Crippen molar-refractivity contribution < 1.29 is 0 Å². The molecule has 0 aliphatic heterocycles. The van der Waals surface area contributed by atoms with Crippen LogP contribution in [0.15, 0.2) is 0 Å². The van der Waals surface area contributed by atoms with Crippen LogP contribution in [0.25, 0.3) is 0 Å². The van der Waals surface area contributed by atoms with E-state index in [1.807, 2.05) is 0 Å². The highest BCUT2D eigenvalue weighted by atomic mass is 15.3. The smallest absolute Gasteiger partial charge is 0.229 e. The molecule has 0 saturated heterocycles. The predicted molar refractivity (Wildman–Crippen MR) is 81.5 cm³/mol. The number of nitrogens with two attached hydrogens (primary N) is 3. The van der Waals surface area contributed by atoms with Crippen molar-refractivity contribution in [2.24, 2.45) is 0 Å². The molecule has 9 N–H and O–H groups in total. The molecule has 12 nitrogen and oxygen atoms in total. The van der Waals surface area contributed by atoms with E-state index >= 15 is 0 Å². The Morgan fingerprint density at radius 3 is 0.952 bits per heavy atom. The van der Waals surface area contributed by atoms with Crippen molar-refractivity contribution >= 4 is 35.7 Å². The van der Waals surface area contributed by atoms with Crippen LogP contribution in [-0.4, -0.2) is 51.0 Å². The summed E-state index contributed by atoms with van der Waals surface area (Å²) >= 11 is 0. The molecule has 2 heterocycles. The number of hydrogen-bond acceptors (Lipinski definition) is 12. The summed E-state index contributed by atoms with van der Waals surface area (Å²) in [4.78, 5) is 22.6. The van der Waals surface area contributed by atoms with Crippen LogP contribution in [0.3, 0.4) is 0 Å². The zero-order valence-electron chi connectivity index (χ0n) is 11.9. The van der Waals surface area contributed by atoms with Crippen LogP contribution in [-0.2, 0) is 0 Å². The largest absolute Gasteiger partial charge is 0.368 e.